The van der Waals surface area contributed by atoms with E-state index in [1.165, 1.54) is 0 Å². The molecule has 2 unspecified atom stereocenters. The van der Waals surface area contributed by atoms with Crippen LogP contribution in [0.2, 0.25) is 5.02 Å². The largest absolute Gasteiger partial charge is 0.313 e. The standard InChI is InChI=1S/C16H22ClN3O/c1-10-13(17)8-18-14-7-11-5-4-6-19(2)9-12(11)16(21)20(3)15(10)14/h8,11-12H,4-7,9H2,1-3H3. The molecule has 0 bridgehead atoms. The van der Waals surface area contributed by atoms with Crippen LogP contribution in [0, 0.1) is 18.8 Å². The van der Waals surface area contributed by atoms with Gasteiger partial charge in [-0.1, -0.05) is 11.6 Å². The van der Waals surface area contributed by atoms with Crippen LogP contribution in [0.5, 0.6) is 0 Å². The molecule has 2 atom stereocenters. The molecule has 3 rings (SSSR count). The summed E-state index contributed by atoms with van der Waals surface area (Å²) >= 11 is 6.21. The zero-order valence-corrected chi connectivity index (χ0v) is 13.7. The van der Waals surface area contributed by atoms with Gasteiger partial charge >= 0.3 is 0 Å². The Balaban J connectivity index is 2.06. The monoisotopic (exact) mass is 307 g/mol. The Kier molecular flexibility index (Phi) is 3.93. The first-order valence-corrected chi connectivity index (χ1v) is 7.97. The maximum absolute atomic E-state index is 12.9. The lowest BCUT2D eigenvalue weighted by Crippen LogP contribution is -2.40. The number of carbonyl (C=O) groups excluding carboxylic acids is 1. The van der Waals surface area contributed by atoms with Gasteiger partial charge in [-0.2, -0.15) is 0 Å². The second-order valence-electron chi connectivity index (χ2n) is 6.40. The molecule has 1 saturated heterocycles. The maximum atomic E-state index is 12.9. The van der Waals surface area contributed by atoms with Crippen LogP contribution < -0.4 is 4.90 Å². The van der Waals surface area contributed by atoms with E-state index in [0.29, 0.717) is 10.9 Å². The molecule has 1 fully saturated rings. The number of hydrogen-bond donors (Lipinski definition) is 0. The third kappa shape index (κ3) is 2.55. The van der Waals surface area contributed by atoms with Gasteiger partial charge in [0.15, 0.2) is 0 Å². The van der Waals surface area contributed by atoms with Gasteiger partial charge in [-0.25, -0.2) is 0 Å². The number of nitrogens with zero attached hydrogens (tertiary/aromatic N) is 3. The van der Waals surface area contributed by atoms with E-state index in [4.69, 9.17) is 11.6 Å². The number of amides is 1. The third-order valence-electron chi connectivity index (χ3n) is 4.95. The van der Waals surface area contributed by atoms with E-state index in [1.54, 1.807) is 11.1 Å². The highest BCUT2D eigenvalue weighted by molar-refractivity contribution is 6.31. The molecule has 1 aromatic rings. The summed E-state index contributed by atoms with van der Waals surface area (Å²) in [6.07, 6.45) is 4.84. The Morgan fingerprint density at radius 2 is 2.14 bits per heavy atom. The predicted octanol–water partition coefficient (Wildman–Crippen LogP) is 2.52. The molecule has 2 aliphatic rings. The van der Waals surface area contributed by atoms with Crippen LogP contribution >= 0.6 is 11.6 Å². The quantitative estimate of drug-likeness (QED) is 0.739. The summed E-state index contributed by atoms with van der Waals surface area (Å²) in [6, 6.07) is 0. The Hall–Kier alpha value is -1.13. The summed E-state index contributed by atoms with van der Waals surface area (Å²) in [7, 11) is 3.97. The van der Waals surface area contributed by atoms with E-state index >= 15 is 0 Å². The number of fused-ring (bicyclic) bond motifs is 2. The van der Waals surface area contributed by atoms with E-state index in [0.717, 1.165) is 49.3 Å². The lowest BCUT2D eigenvalue weighted by atomic mass is 9.85. The molecular weight excluding hydrogens is 286 g/mol. The summed E-state index contributed by atoms with van der Waals surface area (Å²) in [4.78, 5) is 21.5. The second-order valence-corrected chi connectivity index (χ2v) is 6.81. The molecule has 1 amide bonds. The van der Waals surface area contributed by atoms with E-state index in [2.05, 4.69) is 16.9 Å². The Morgan fingerprint density at radius 3 is 2.90 bits per heavy atom. The van der Waals surface area contributed by atoms with Crippen molar-refractivity contribution < 1.29 is 4.79 Å². The minimum atomic E-state index is 0.0647. The zero-order valence-electron chi connectivity index (χ0n) is 12.9. The third-order valence-corrected chi connectivity index (χ3v) is 5.33. The van der Waals surface area contributed by atoms with Crippen molar-refractivity contribution in [3.63, 3.8) is 0 Å². The molecule has 0 aliphatic carbocycles. The maximum Gasteiger partial charge on any atom is 0.231 e. The summed E-state index contributed by atoms with van der Waals surface area (Å²) in [5.41, 5.74) is 2.90. The normalized spacial score (nSPS) is 26.9. The van der Waals surface area contributed by atoms with Gasteiger partial charge in [-0.15, -0.1) is 0 Å². The van der Waals surface area contributed by atoms with Crippen molar-refractivity contribution in [2.45, 2.75) is 26.2 Å². The number of likely N-dealkylation sites (tertiary alicyclic amines) is 1. The van der Waals surface area contributed by atoms with Crippen LogP contribution in [-0.4, -0.2) is 43.0 Å². The van der Waals surface area contributed by atoms with Gasteiger partial charge < -0.3 is 9.80 Å². The fourth-order valence-corrected chi connectivity index (χ4v) is 3.89. The number of aromatic nitrogens is 1. The van der Waals surface area contributed by atoms with E-state index in [-0.39, 0.29) is 11.8 Å². The molecule has 3 heterocycles. The predicted molar refractivity (Wildman–Crippen MR) is 84.8 cm³/mol. The second kappa shape index (κ2) is 5.58. The van der Waals surface area contributed by atoms with Crippen molar-refractivity contribution in [3.05, 3.63) is 22.5 Å². The highest BCUT2D eigenvalue weighted by atomic mass is 35.5. The summed E-state index contributed by atoms with van der Waals surface area (Å²) in [5, 5.41) is 0.632. The molecule has 0 saturated carbocycles. The van der Waals surface area contributed by atoms with Crippen LogP contribution in [0.3, 0.4) is 0 Å². The number of pyridine rings is 1. The van der Waals surface area contributed by atoms with Gasteiger partial charge in [-0.05, 0) is 51.3 Å². The van der Waals surface area contributed by atoms with E-state index in [9.17, 15) is 4.79 Å². The molecule has 21 heavy (non-hydrogen) atoms. The first-order chi connectivity index (χ1) is 9.99. The van der Waals surface area contributed by atoms with Crippen molar-refractivity contribution in [2.75, 3.05) is 32.1 Å². The Bertz CT molecular complexity index is 575. The number of halogens is 1. The lowest BCUT2D eigenvalue weighted by molar-refractivity contribution is -0.123. The van der Waals surface area contributed by atoms with Crippen LogP contribution in [0.1, 0.15) is 24.1 Å². The molecule has 0 spiro atoms. The molecule has 0 aromatic carbocycles. The molecule has 5 heteroatoms. The number of anilines is 1. The molecule has 1 aromatic heterocycles. The van der Waals surface area contributed by atoms with E-state index in [1.807, 2.05) is 14.0 Å². The van der Waals surface area contributed by atoms with Crippen molar-refractivity contribution in [1.29, 1.82) is 0 Å². The van der Waals surface area contributed by atoms with Gasteiger partial charge in [0, 0.05) is 19.8 Å². The highest BCUT2D eigenvalue weighted by Crippen LogP contribution is 2.38. The Morgan fingerprint density at radius 1 is 1.38 bits per heavy atom. The molecular formula is C16H22ClN3O. The first-order valence-electron chi connectivity index (χ1n) is 7.59. The van der Waals surface area contributed by atoms with Gasteiger partial charge in [0.1, 0.15) is 0 Å². The zero-order chi connectivity index (χ0) is 15.1. The van der Waals surface area contributed by atoms with Crippen molar-refractivity contribution in [3.8, 4) is 0 Å². The van der Waals surface area contributed by atoms with Crippen LogP contribution in [-0.2, 0) is 11.2 Å². The SMILES string of the molecule is Cc1c(Cl)cnc2c1N(C)C(=O)C1CN(C)CCCC1C2. The van der Waals surface area contributed by atoms with Crippen LogP contribution in [0.15, 0.2) is 6.20 Å². The molecule has 114 valence electrons. The highest BCUT2D eigenvalue weighted by Gasteiger charge is 2.38. The average Bonchev–Trinajstić information content (AvgIpc) is 2.68. The fraction of sp³-hybridized carbons (Fsp3) is 0.625. The Labute approximate surface area is 131 Å². The summed E-state index contributed by atoms with van der Waals surface area (Å²) in [6.45, 7) is 3.89. The number of hydrogen-bond acceptors (Lipinski definition) is 3. The minimum Gasteiger partial charge on any atom is -0.313 e. The smallest absolute Gasteiger partial charge is 0.231 e. The van der Waals surface area contributed by atoms with Gasteiger partial charge in [0.25, 0.3) is 0 Å². The topological polar surface area (TPSA) is 36.4 Å². The van der Waals surface area contributed by atoms with E-state index < -0.39 is 0 Å². The van der Waals surface area contributed by atoms with Gasteiger partial charge in [0.05, 0.1) is 22.3 Å². The van der Waals surface area contributed by atoms with Gasteiger partial charge in [0.2, 0.25) is 5.91 Å². The molecule has 0 radical (unpaired) electrons. The summed E-state index contributed by atoms with van der Waals surface area (Å²) < 4.78 is 0. The number of carbonyl (C=O) groups is 1. The minimum absolute atomic E-state index is 0.0647. The molecule has 0 N–H and O–H groups in total. The lowest BCUT2D eigenvalue weighted by Gasteiger charge is -2.26. The first kappa shape index (κ1) is 14.8. The fourth-order valence-electron chi connectivity index (χ4n) is 3.75. The average molecular weight is 308 g/mol. The van der Waals surface area contributed by atoms with Crippen molar-refractivity contribution in [2.24, 2.45) is 11.8 Å². The number of rotatable bonds is 0. The summed E-state index contributed by atoms with van der Waals surface area (Å²) in [5.74, 6) is 0.661. The van der Waals surface area contributed by atoms with Crippen molar-refractivity contribution in [1.82, 2.24) is 9.88 Å². The van der Waals surface area contributed by atoms with Crippen molar-refractivity contribution >= 4 is 23.2 Å². The van der Waals surface area contributed by atoms with Crippen LogP contribution in [0.25, 0.3) is 0 Å². The molecule has 4 nitrogen and oxygen atoms in total. The van der Waals surface area contributed by atoms with Crippen LogP contribution in [0.4, 0.5) is 5.69 Å². The van der Waals surface area contributed by atoms with Gasteiger partial charge in [-0.3, -0.25) is 9.78 Å². The molecule has 2 aliphatic heterocycles.